The molecule has 8 heteroatoms. The van der Waals surface area contributed by atoms with Crippen LogP contribution in [0.4, 0.5) is 9.52 Å². The minimum absolute atomic E-state index is 0. The molecule has 0 saturated carbocycles. The van der Waals surface area contributed by atoms with Gasteiger partial charge in [0.1, 0.15) is 10.8 Å². The SMILES string of the molecule is Cl.O=C(CCC1CCNC1)Nc1nnc(Cc2ccccc2F)s1. The topological polar surface area (TPSA) is 66.9 Å². The van der Waals surface area contributed by atoms with Gasteiger partial charge in [-0.15, -0.1) is 22.6 Å². The normalized spacial score (nSPS) is 16.6. The molecule has 0 aliphatic carbocycles. The highest BCUT2D eigenvalue weighted by Gasteiger charge is 2.16. The number of nitrogens with one attached hydrogen (secondary N) is 2. The van der Waals surface area contributed by atoms with Crippen molar-refractivity contribution in [3.63, 3.8) is 0 Å². The molecule has 3 rings (SSSR count). The third-order valence-electron chi connectivity index (χ3n) is 3.95. The fourth-order valence-electron chi connectivity index (χ4n) is 2.66. The summed E-state index contributed by atoms with van der Waals surface area (Å²) in [4.78, 5) is 11.9. The smallest absolute Gasteiger partial charge is 0.226 e. The van der Waals surface area contributed by atoms with Crippen LogP contribution in [0.5, 0.6) is 0 Å². The predicted octanol–water partition coefficient (Wildman–Crippen LogP) is 3.02. The lowest BCUT2D eigenvalue weighted by molar-refractivity contribution is -0.116. The molecule has 1 aromatic heterocycles. The lowest BCUT2D eigenvalue weighted by atomic mass is 10.0. The number of hydrogen-bond acceptors (Lipinski definition) is 5. The van der Waals surface area contributed by atoms with Gasteiger partial charge >= 0.3 is 0 Å². The summed E-state index contributed by atoms with van der Waals surface area (Å²) in [5, 5.41) is 15.2. The molecule has 2 N–H and O–H groups in total. The molecule has 0 bridgehead atoms. The van der Waals surface area contributed by atoms with Gasteiger partial charge in [0.25, 0.3) is 0 Å². The van der Waals surface area contributed by atoms with E-state index in [1.54, 1.807) is 18.2 Å². The van der Waals surface area contributed by atoms with Crippen molar-refractivity contribution in [3.8, 4) is 0 Å². The zero-order chi connectivity index (χ0) is 16.1. The summed E-state index contributed by atoms with van der Waals surface area (Å²) in [6.07, 6.45) is 2.90. The summed E-state index contributed by atoms with van der Waals surface area (Å²) in [6, 6.07) is 6.60. The highest BCUT2D eigenvalue weighted by atomic mass is 35.5. The van der Waals surface area contributed by atoms with E-state index in [9.17, 15) is 9.18 Å². The lowest BCUT2D eigenvalue weighted by Crippen LogP contribution is -2.14. The van der Waals surface area contributed by atoms with Gasteiger partial charge in [0, 0.05) is 12.8 Å². The van der Waals surface area contributed by atoms with Gasteiger partial charge in [0.15, 0.2) is 0 Å². The van der Waals surface area contributed by atoms with E-state index in [-0.39, 0.29) is 24.1 Å². The van der Waals surface area contributed by atoms with Gasteiger partial charge in [-0.2, -0.15) is 0 Å². The van der Waals surface area contributed by atoms with Gasteiger partial charge in [-0.05, 0) is 43.5 Å². The Hall–Kier alpha value is -1.57. The van der Waals surface area contributed by atoms with Crippen LogP contribution in [0.3, 0.4) is 0 Å². The van der Waals surface area contributed by atoms with E-state index in [1.807, 2.05) is 0 Å². The van der Waals surface area contributed by atoms with E-state index < -0.39 is 0 Å². The average molecular weight is 371 g/mol. The maximum absolute atomic E-state index is 13.6. The van der Waals surface area contributed by atoms with Crippen LogP contribution in [0.1, 0.15) is 29.8 Å². The number of carbonyl (C=O) groups is 1. The zero-order valence-corrected chi connectivity index (χ0v) is 14.8. The van der Waals surface area contributed by atoms with Crippen LogP contribution in [0.25, 0.3) is 0 Å². The number of amides is 1. The predicted molar refractivity (Wildman–Crippen MR) is 95.2 cm³/mol. The fourth-order valence-corrected chi connectivity index (χ4v) is 3.44. The van der Waals surface area contributed by atoms with E-state index >= 15 is 0 Å². The Balaban J connectivity index is 0.00000208. The van der Waals surface area contributed by atoms with E-state index in [0.29, 0.717) is 34.5 Å². The summed E-state index contributed by atoms with van der Waals surface area (Å²) in [6.45, 7) is 2.04. The Kier molecular flexibility index (Phi) is 7.08. The first kappa shape index (κ1) is 18.8. The van der Waals surface area contributed by atoms with Gasteiger partial charge in [0.05, 0.1) is 0 Å². The van der Waals surface area contributed by atoms with Crippen molar-refractivity contribution in [2.24, 2.45) is 5.92 Å². The van der Waals surface area contributed by atoms with Gasteiger partial charge < -0.3 is 10.6 Å². The molecule has 2 heterocycles. The van der Waals surface area contributed by atoms with E-state index in [2.05, 4.69) is 20.8 Å². The number of carbonyl (C=O) groups excluding carboxylic acids is 1. The van der Waals surface area contributed by atoms with Crippen molar-refractivity contribution in [2.75, 3.05) is 18.4 Å². The Bertz CT molecular complexity index is 676. The molecule has 1 amide bonds. The Morgan fingerprint density at radius 3 is 2.96 bits per heavy atom. The van der Waals surface area contributed by atoms with E-state index in [4.69, 9.17) is 0 Å². The molecule has 5 nitrogen and oxygen atoms in total. The summed E-state index contributed by atoms with van der Waals surface area (Å²) in [5.41, 5.74) is 0.579. The maximum Gasteiger partial charge on any atom is 0.226 e. The third-order valence-corrected chi connectivity index (χ3v) is 4.79. The largest absolute Gasteiger partial charge is 0.316 e. The molecule has 1 aromatic carbocycles. The summed E-state index contributed by atoms with van der Waals surface area (Å²) < 4.78 is 13.6. The second kappa shape index (κ2) is 9.05. The molecule has 1 unspecified atom stereocenters. The number of halogens is 2. The summed E-state index contributed by atoms with van der Waals surface area (Å²) in [5.74, 6) is 0.302. The number of benzene rings is 1. The lowest BCUT2D eigenvalue weighted by Gasteiger charge is -2.06. The fraction of sp³-hybridized carbons (Fsp3) is 0.438. The van der Waals surface area contributed by atoms with Crippen molar-refractivity contribution < 1.29 is 9.18 Å². The minimum Gasteiger partial charge on any atom is -0.316 e. The molecule has 1 atom stereocenters. The Morgan fingerprint density at radius 1 is 1.38 bits per heavy atom. The second-order valence-electron chi connectivity index (χ2n) is 5.71. The van der Waals surface area contributed by atoms with Crippen LogP contribution < -0.4 is 10.6 Å². The molecule has 1 aliphatic rings. The number of rotatable bonds is 6. The first-order valence-corrected chi connectivity index (χ1v) is 8.58. The van der Waals surface area contributed by atoms with Gasteiger partial charge in [-0.3, -0.25) is 4.79 Å². The molecule has 0 radical (unpaired) electrons. The van der Waals surface area contributed by atoms with Crippen LogP contribution in [0.2, 0.25) is 0 Å². The highest BCUT2D eigenvalue weighted by molar-refractivity contribution is 7.15. The van der Waals surface area contributed by atoms with Crippen LogP contribution in [0.15, 0.2) is 24.3 Å². The molecule has 2 aromatic rings. The Labute approximate surface area is 150 Å². The molecule has 1 fully saturated rings. The van der Waals surface area contributed by atoms with Crippen molar-refractivity contribution in [2.45, 2.75) is 25.7 Å². The molecule has 24 heavy (non-hydrogen) atoms. The first-order chi connectivity index (χ1) is 11.2. The standard InChI is InChI=1S/C16H19FN4OS.ClH/c17-13-4-2-1-3-12(13)9-15-20-21-16(23-15)19-14(22)6-5-11-7-8-18-10-11;/h1-4,11,18H,5-10H2,(H,19,21,22);1H. The maximum atomic E-state index is 13.6. The highest BCUT2D eigenvalue weighted by Crippen LogP contribution is 2.21. The Morgan fingerprint density at radius 2 is 2.21 bits per heavy atom. The number of hydrogen-bond donors (Lipinski definition) is 2. The molecular weight excluding hydrogens is 351 g/mol. The van der Waals surface area contributed by atoms with Gasteiger partial charge in [-0.25, -0.2) is 4.39 Å². The number of anilines is 1. The number of aromatic nitrogens is 2. The van der Waals surface area contributed by atoms with Crippen LogP contribution in [-0.4, -0.2) is 29.2 Å². The minimum atomic E-state index is -0.251. The molecule has 0 spiro atoms. The van der Waals surface area contributed by atoms with E-state index in [0.717, 1.165) is 25.9 Å². The zero-order valence-electron chi connectivity index (χ0n) is 13.1. The summed E-state index contributed by atoms with van der Waals surface area (Å²) >= 11 is 1.29. The van der Waals surface area contributed by atoms with Crippen molar-refractivity contribution >= 4 is 34.8 Å². The van der Waals surface area contributed by atoms with E-state index in [1.165, 1.54) is 17.4 Å². The molecular formula is C16H20ClFN4OS. The molecule has 1 saturated heterocycles. The van der Waals surface area contributed by atoms with Crippen LogP contribution in [-0.2, 0) is 11.2 Å². The monoisotopic (exact) mass is 370 g/mol. The molecule has 130 valence electrons. The van der Waals surface area contributed by atoms with Crippen LogP contribution >= 0.6 is 23.7 Å². The molecule has 1 aliphatic heterocycles. The van der Waals surface area contributed by atoms with Gasteiger partial charge in [-0.1, -0.05) is 29.5 Å². The van der Waals surface area contributed by atoms with Gasteiger partial charge in [0.2, 0.25) is 11.0 Å². The number of nitrogens with zero attached hydrogens (tertiary/aromatic N) is 2. The average Bonchev–Trinajstić information content (AvgIpc) is 3.19. The summed E-state index contributed by atoms with van der Waals surface area (Å²) in [7, 11) is 0. The third kappa shape index (κ3) is 5.22. The van der Waals surface area contributed by atoms with Crippen molar-refractivity contribution in [1.82, 2.24) is 15.5 Å². The second-order valence-corrected chi connectivity index (χ2v) is 6.78. The van der Waals surface area contributed by atoms with Crippen molar-refractivity contribution in [1.29, 1.82) is 0 Å². The van der Waals surface area contributed by atoms with Crippen molar-refractivity contribution in [3.05, 3.63) is 40.7 Å². The quantitative estimate of drug-likeness (QED) is 0.820. The first-order valence-electron chi connectivity index (χ1n) is 7.77. The van der Waals surface area contributed by atoms with Crippen LogP contribution in [0, 0.1) is 11.7 Å².